The number of piperidine rings is 1. The van der Waals surface area contributed by atoms with Crippen LogP contribution in [0.2, 0.25) is 0 Å². The number of carbonyl (C=O) groups is 1. The van der Waals surface area contributed by atoms with Crippen LogP contribution in [0.15, 0.2) is 84.9 Å². The van der Waals surface area contributed by atoms with Crippen molar-refractivity contribution in [1.82, 2.24) is 10.2 Å². The Labute approximate surface area is 191 Å². The molecule has 1 amide bonds. The predicted octanol–water partition coefficient (Wildman–Crippen LogP) is 4.80. The molecule has 0 radical (unpaired) electrons. The summed E-state index contributed by atoms with van der Waals surface area (Å²) >= 11 is 0. The first kappa shape index (κ1) is 22.1. The van der Waals surface area contributed by atoms with Crippen molar-refractivity contribution in [2.24, 2.45) is 5.92 Å². The average Bonchev–Trinajstić information content (AvgIpc) is 2.86. The van der Waals surface area contributed by atoms with Crippen molar-refractivity contribution in [3.8, 4) is 16.9 Å². The van der Waals surface area contributed by atoms with Gasteiger partial charge >= 0.3 is 0 Å². The number of rotatable bonds is 9. The number of nitrogens with zero attached hydrogens (tertiary/aromatic N) is 1. The highest BCUT2D eigenvalue weighted by Crippen LogP contribution is 2.20. The van der Waals surface area contributed by atoms with Crippen LogP contribution in [0.5, 0.6) is 5.75 Å². The molecular formula is C28H32N2O2. The van der Waals surface area contributed by atoms with E-state index in [9.17, 15) is 4.79 Å². The summed E-state index contributed by atoms with van der Waals surface area (Å²) in [7, 11) is 0. The SMILES string of the molecule is O=C(NCCc1ccc(-c2ccccc2)cc1)C1CCN(CCOc2ccccc2)CC1. The van der Waals surface area contributed by atoms with Crippen molar-refractivity contribution in [1.29, 1.82) is 0 Å². The van der Waals surface area contributed by atoms with Gasteiger partial charge in [-0.3, -0.25) is 9.69 Å². The molecule has 3 aromatic rings. The summed E-state index contributed by atoms with van der Waals surface area (Å²) in [5, 5.41) is 3.14. The van der Waals surface area contributed by atoms with Crippen LogP contribution in [0.3, 0.4) is 0 Å². The zero-order valence-electron chi connectivity index (χ0n) is 18.6. The molecule has 0 spiro atoms. The second kappa shape index (κ2) is 11.5. The lowest BCUT2D eigenvalue weighted by Gasteiger charge is -2.31. The molecule has 1 aliphatic rings. The molecule has 1 N–H and O–H groups in total. The molecule has 4 heteroatoms. The van der Waals surface area contributed by atoms with Gasteiger partial charge in [0.1, 0.15) is 12.4 Å². The molecule has 0 bridgehead atoms. The van der Waals surface area contributed by atoms with Gasteiger partial charge in [0.25, 0.3) is 0 Å². The lowest BCUT2D eigenvalue weighted by atomic mass is 9.96. The Morgan fingerprint density at radius 1 is 0.844 bits per heavy atom. The van der Waals surface area contributed by atoms with E-state index in [1.807, 2.05) is 36.4 Å². The Morgan fingerprint density at radius 2 is 1.47 bits per heavy atom. The van der Waals surface area contributed by atoms with Gasteiger partial charge in [0.05, 0.1) is 0 Å². The Kier molecular flexibility index (Phi) is 7.94. The average molecular weight is 429 g/mol. The van der Waals surface area contributed by atoms with Crippen molar-refractivity contribution in [3.05, 3.63) is 90.5 Å². The maximum absolute atomic E-state index is 12.6. The smallest absolute Gasteiger partial charge is 0.223 e. The van der Waals surface area contributed by atoms with Gasteiger partial charge in [-0.15, -0.1) is 0 Å². The number of hydrogen-bond acceptors (Lipinski definition) is 3. The minimum Gasteiger partial charge on any atom is -0.492 e. The van der Waals surface area contributed by atoms with Gasteiger partial charge in [-0.05, 0) is 61.2 Å². The summed E-state index contributed by atoms with van der Waals surface area (Å²) in [5.41, 5.74) is 3.70. The predicted molar refractivity (Wildman–Crippen MR) is 130 cm³/mol. The van der Waals surface area contributed by atoms with Crippen molar-refractivity contribution in [3.63, 3.8) is 0 Å². The highest BCUT2D eigenvalue weighted by molar-refractivity contribution is 5.78. The minimum atomic E-state index is 0.127. The van der Waals surface area contributed by atoms with E-state index in [2.05, 4.69) is 58.7 Å². The molecule has 1 heterocycles. The van der Waals surface area contributed by atoms with E-state index < -0.39 is 0 Å². The summed E-state index contributed by atoms with van der Waals surface area (Å²) in [6, 6.07) is 28.9. The summed E-state index contributed by atoms with van der Waals surface area (Å²) in [5.74, 6) is 1.24. The Morgan fingerprint density at radius 3 is 2.16 bits per heavy atom. The molecule has 1 aliphatic heterocycles. The zero-order chi connectivity index (χ0) is 22.0. The van der Waals surface area contributed by atoms with Crippen LogP contribution in [-0.2, 0) is 11.2 Å². The highest BCUT2D eigenvalue weighted by atomic mass is 16.5. The summed E-state index contributed by atoms with van der Waals surface area (Å²) in [4.78, 5) is 15.0. The number of benzene rings is 3. The fourth-order valence-corrected chi connectivity index (χ4v) is 4.20. The lowest BCUT2D eigenvalue weighted by molar-refractivity contribution is -0.126. The molecule has 32 heavy (non-hydrogen) atoms. The molecular weight excluding hydrogens is 396 g/mol. The largest absolute Gasteiger partial charge is 0.492 e. The van der Waals surface area contributed by atoms with Gasteiger partial charge in [0.15, 0.2) is 0 Å². The van der Waals surface area contributed by atoms with Crippen LogP contribution in [0, 0.1) is 5.92 Å². The van der Waals surface area contributed by atoms with E-state index in [1.54, 1.807) is 0 Å². The van der Waals surface area contributed by atoms with Crippen LogP contribution in [0.1, 0.15) is 18.4 Å². The molecule has 4 rings (SSSR count). The second-order valence-electron chi connectivity index (χ2n) is 8.38. The van der Waals surface area contributed by atoms with E-state index in [-0.39, 0.29) is 11.8 Å². The number of carbonyl (C=O) groups excluding carboxylic acids is 1. The van der Waals surface area contributed by atoms with Crippen molar-refractivity contribution in [2.45, 2.75) is 19.3 Å². The third-order valence-corrected chi connectivity index (χ3v) is 6.15. The van der Waals surface area contributed by atoms with E-state index in [4.69, 9.17) is 4.74 Å². The first-order chi connectivity index (χ1) is 15.8. The maximum Gasteiger partial charge on any atom is 0.223 e. The molecule has 0 saturated carbocycles. The van der Waals surface area contributed by atoms with Gasteiger partial charge in [-0.25, -0.2) is 0 Å². The van der Waals surface area contributed by atoms with Gasteiger partial charge in [0, 0.05) is 19.0 Å². The first-order valence-electron chi connectivity index (χ1n) is 11.6. The summed E-state index contributed by atoms with van der Waals surface area (Å²) in [6.07, 6.45) is 2.70. The Hall–Kier alpha value is -3.11. The normalized spacial score (nSPS) is 14.8. The van der Waals surface area contributed by atoms with E-state index in [1.165, 1.54) is 16.7 Å². The number of amides is 1. The molecule has 0 atom stereocenters. The Bertz CT molecular complexity index is 950. The number of para-hydroxylation sites is 1. The maximum atomic E-state index is 12.6. The van der Waals surface area contributed by atoms with Gasteiger partial charge in [0.2, 0.25) is 5.91 Å². The molecule has 1 saturated heterocycles. The van der Waals surface area contributed by atoms with Crippen LogP contribution in [0.4, 0.5) is 0 Å². The number of likely N-dealkylation sites (tertiary alicyclic amines) is 1. The third-order valence-electron chi connectivity index (χ3n) is 6.15. The van der Waals surface area contributed by atoms with Gasteiger partial charge in [-0.2, -0.15) is 0 Å². The second-order valence-corrected chi connectivity index (χ2v) is 8.38. The van der Waals surface area contributed by atoms with Crippen molar-refractivity contribution < 1.29 is 9.53 Å². The van der Waals surface area contributed by atoms with E-state index in [0.717, 1.165) is 44.6 Å². The topological polar surface area (TPSA) is 41.6 Å². The molecule has 0 unspecified atom stereocenters. The summed E-state index contributed by atoms with van der Waals surface area (Å²) < 4.78 is 5.79. The number of ether oxygens (including phenoxy) is 1. The fourth-order valence-electron chi connectivity index (χ4n) is 4.20. The van der Waals surface area contributed by atoms with Gasteiger partial charge in [-0.1, -0.05) is 72.8 Å². The van der Waals surface area contributed by atoms with Crippen LogP contribution >= 0.6 is 0 Å². The van der Waals surface area contributed by atoms with Gasteiger partial charge < -0.3 is 10.1 Å². The first-order valence-corrected chi connectivity index (χ1v) is 11.6. The Balaban J connectivity index is 1.12. The molecule has 0 aliphatic carbocycles. The highest BCUT2D eigenvalue weighted by Gasteiger charge is 2.24. The van der Waals surface area contributed by atoms with Crippen molar-refractivity contribution >= 4 is 5.91 Å². The van der Waals surface area contributed by atoms with Crippen LogP contribution in [-0.4, -0.2) is 43.6 Å². The summed E-state index contributed by atoms with van der Waals surface area (Å²) in [6.45, 7) is 4.19. The monoisotopic (exact) mass is 428 g/mol. The van der Waals surface area contributed by atoms with E-state index >= 15 is 0 Å². The zero-order valence-corrected chi connectivity index (χ0v) is 18.6. The van der Waals surface area contributed by atoms with E-state index in [0.29, 0.717) is 13.2 Å². The van der Waals surface area contributed by atoms with Crippen LogP contribution in [0.25, 0.3) is 11.1 Å². The fraction of sp³-hybridized carbons (Fsp3) is 0.321. The van der Waals surface area contributed by atoms with Crippen LogP contribution < -0.4 is 10.1 Å². The molecule has 4 nitrogen and oxygen atoms in total. The number of nitrogens with one attached hydrogen (secondary N) is 1. The quantitative estimate of drug-likeness (QED) is 0.532. The van der Waals surface area contributed by atoms with Crippen molar-refractivity contribution in [2.75, 3.05) is 32.8 Å². The standard InChI is InChI=1S/C28H32N2O2/c31-28(26-16-19-30(20-17-26)21-22-32-27-9-5-2-6-10-27)29-18-15-23-11-13-25(14-12-23)24-7-3-1-4-8-24/h1-14,26H,15-22H2,(H,29,31). The third kappa shape index (κ3) is 6.44. The number of hydrogen-bond donors (Lipinski definition) is 1. The lowest BCUT2D eigenvalue weighted by Crippen LogP contribution is -2.42. The molecule has 1 fully saturated rings. The minimum absolute atomic E-state index is 0.127. The molecule has 0 aromatic heterocycles. The molecule has 166 valence electrons. The molecule has 3 aromatic carbocycles.